The maximum atomic E-state index is 10.4. The lowest BCUT2D eigenvalue weighted by atomic mass is 10.1. The lowest BCUT2D eigenvalue weighted by Gasteiger charge is -2.14. The molecule has 220 valence electrons. The number of nitrogen functional groups attached to an aromatic ring is 1. The van der Waals surface area contributed by atoms with Crippen LogP contribution in [0.2, 0.25) is 0 Å². The van der Waals surface area contributed by atoms with Gasteiger partial charge in [-0.3, -0.25) is 4.79 Å². The van der Waals surface area contributed by atoms with E-state index < -0.39 is 6.04 Å². The van der Waals surface area contributed by atoms with Gasteiger partial charge in [0.2, 0.25) is 9.03 Å². The number of hydrogen-bond acceptors (Lipinski definition) is 10. The Balaban J connectivity index is 0.000000422. The van der Waals surface area contributed by atoms with E-state index >= 15 is 0 Å². The Hall–Kier alpha value is -3.81. The summed E-state index contributed by atoms with van der Waals surface area (Å²) in [5, 5.41) is 13.0. The zero-order valence-corrected chi connectivity index (χ0v) is 24.9. The van der Waals surface area contributed by atoms with Crippen LogP contribution in [0.3, 0.4) is 0 Å². The first-order chi connectivity index (χ1) is 20.0. The molecule has 0 bridgehead atoms. The Morgan fingerprint density at radius 3 is 2.61 bits per heavy atom. The molecule has 4 aromatic rings. The largest absolute Gasteiger partial charge is 0.465 e. The van der Waals surface area contributed by atoms with Crippen LogP contribution in [0.1, 0.15) is 52.3 Å². The standard InChI is InChI=1S/C21H21N4O3P.C5H11NO2.C2H6.CHN/c22-21-18-10-9-17(25(18)24-13-23-21)20-11-8-15(27-20)12-26-29-28-19-7-3-5-14-4-1-2-6-16(14)19;1-3-8-5(7)4(2)6;2*1-2/h1-7,9-10,13,15,20,29H,8,11-12H2,(H2,22,23,24);4H,3,6H2,1-2H3;1-2H3;1H. The predicted molar refractivity (Wildman–Crippen MR) is 161 cm³/mol. The number of ether oxygens (including phenoxy) is 2. The van der Waals surface area contributed by atoms with Crippen molar-refractivity contribution in [1.29, 1.82) is 5.26 Å². The molecule has 1 saturated heterocycles. The van der Waals surface area contributed by atoms with Gasteiger partial charge in [0, 0.05) is 12.0 Å². The molecule has 2 aromatic carbocycles. The Bertz CT molecular complexity index is 1370. The molecule has 41 heavy (non-hydrogen) atoms. The number of carbonyl (C=O) groups excluding carboxylic acids is 1. The Morgan fingerprint density at radius 1 is 1.17 bits per heavy atom. The number of nitrogens with two attached hydrogens (primary N) is 2. The first kappa shape index (κ1) is 33.4. The number of nitriles is 1. The van der Waals surface area contributed by atoms with Gasteiger partial charge in [-0.15, -0.1) is 0 Å². The SMILES string of the molecule is C#N.CC.CCOC(=O)C(C)N.Nc1ncnn2c(C3CCC(COPOc4cccc5ccccc45)O3)ccc12. The van der Waals surface area contributed by atoms with Crippen LogP contribution in [-0.4, -0.2) is 45.9 Å². The van der Waals surface area contributed by atoms with Crippen molar-refractivity contribution in [2.45, 2.75) is 58.8 Å². The van der Waals surface area contributed by atoms with E-state index in [0.717, 1.165) is 40.6 Å². The average Bonchev–Trinajstić information content (AvgIpc) is 3.66. The van der Waals surface area contributed by atoms with E-state index in [1.807, 2.05) is 54.8 Å². The topological polar surface area (TPSA) is 160 Å². The van der Waals surface area contributed by atoms with Crippen molar-refractivity contribution in [3.63, 3.8) is 0 Å². The van der Waals surface area contributed by atoms with Gasteiger partial charge in [0.15, 0.2) is 5.82 Å². The molecule has 1 aliphatic rings. The van der Waals surface area contributed by atoms with Gasteiger partial charge in [-0.25, -0.2) is 14.8 Å². The molecule has 11 nitrogen and oxygen atoms in total. The number of carbonyl (C=O) groups is 1. The first-order valence-electron chi connectivity index (χ1n) is 13.4. The molecule has 0 radical (unpaired) electrons. The fourth-order valence-corrected chi connectivity index (χ4v) is 4.60. The molecule has 4 unspecified atom stereocenters. The quantitative estimate of drug-likeness (QED) is 0.157. The fourth-order valence-electron chi connectivity index (χ4n) is 4.02. The van der Waals surface area contributed by atoms with Gasteiger partial charge in [0.1, 0.15) is 29.7 Å². The molecule has 0 saturated carbocycles. The molecule has 0 amide bonds. The molecule has 4 N–H and O–H groups in total. The molecule has 12 heteroatoms. The number of rotatable bonds is 8. The van der Waals surface area contributed by atoms with Crippen molar-refractivity contribution >= 4 is 37.1 Å². The minimum absolute atomic E-state index is 0.0253. The van der Waals surface area contributed by atoms with Crippen LogP contribution < -0.4 is 16.0 Å². The highest BCUT2D eigenvalue weighted by molar-refractivity contribution is 7.26. The van der Waals surface area contributed by atoms with Crippen LogP contribution in [0.4, 0.5) is 5.82 Å². The summed E-state index contributed by atoms with van der Waals surface area (Å²) in [6, 6.07) is 17.6. The average molecular weight is 583 g/mol. The number of fused-ring (bicyclic) bond motifs is 2. The number of nitrogens with zero attached hydrogens (tertiary/aromatic N) is 4. The van der Waals surface area contributed by atoms with Crippen molar-refractivity contribution in [2.24, 2.45) is 5.73 Å². The van der Waals surface area contributed by atoms with Crippen LogP contribution in [0.5, 0.6) is 5.75 Å². The zero-order valence-electron chi connectivity index (χ0n) is 23.9. The van der Waals surface area contributed by atoms with Crippen LogP contribution in [0, 0.1) is 11.8 Å². The normalized spacial score (nSPS) is 16.6. The van der Waals surface area contributed by atoms with E-state index in [1.54, 1.807) is 13.8 Å². The molecule has 4 atom stereocenters. The highest BCUT2D eigenvalue weighted by atomic mass is 31.1. The highest BCUT2D eigenvalue weighted by Crippen LogP contribution is 2.35. The first-order valence-corrected chi connectivity index (χ1v) is 14.2. The molecule has 5 rings (SSSR count). The van der Waals surface area contributed by atoms with E-state index in [4.69, 9.17) is 30.5 Å². The third kappa shape index (κ3) is 9.37. The van der Waals surface area contributed by atoms with E-state index in [9.17, 15) is 4.79 Å². The lowest BCUT2D eigenvalue weighted by Crippen LogP contribution is -2.28. The van der Waals surface area contributed by atoms with E-state index in [2.05, 4.69) is 39.6 Å². The van der Waals surface area contributed by atoms with Gasteiger partial charge in [0.05, 0.1) is 25.0 Å². The Labute approximate surface area is 242 Å². The van der Waals surface area contributed by atoms with Crippen LogP contribution in [0.15, 0.2) is 60.9 Å². The summed E-state index contributed by atoms with van der Waals surface area (Å²) in [5.41, 5.74) is 12.9. The second kappa shape index (κ2) is 17.8. The molecule has 2 aromatic heterocycles. The van der Waals surface area contributed by atoms with Crippen molar-refractivity contribution in [2.75, 3.05) is 18.9 Å². The second-order valence-corrected chi connectivity index (χ2v) is 9.20. The summed E-state index contributed by atoms with van der Waals surface area (Å²) in [6.07, 6.45) is 3.32. The molecule has 1 fully saturated rings. The van der Waals surface area contributed by atoms with Crippen molar-refractivity contribution < 1.29 is 23.3 Å². The van der Waals surface area contributed by atoms with Crippen LogP contribution in [0.25, 0.3) is 16.3 Å². The predicted octanol–water partition coefficient (Wildman–Crippen LogP) is 5.35. The van der Waals surface area contributed by atoms with Crippen molar-refractivity contribution in [3.8, 4) is 12.3 Å². The van der Waals surface area contributed by atoms with Gasteiger partial charge in [-0.1, -0.05) is 50.2 Å². The monoisotopic (exact) mass is 582 g/mol. The minimum Gasteiger partial charge on any atom is -0.465 e. The van der Waals surface area contributed by atoms with E-state index in [1.165, 1.54) is 6.33 Å². The summed E-state index contributed by atoms with van der Waals surface area (Å²) < 4.78 is 24.2. The maximum Gasteiger partial charge on any atom is 0.322 e. The van der Waals surface area contributed by atoms with Gasteiger partial charge < -0.3 is 30.0 Å². The summed E-state index contributed by atoms with van der Waals surface area (Å²) in [6.45, 7) is 11.7. The summed E-state index contributed by atoms with van der Waals surface area (Å²) in [5.74, 6) is 0.965. The van der Waals surface area contributed by atoms with Gasteiger partial charge >= 0.3 is 5.97 Å². The van der Waals surface area contributed by atoms with Crippen molar-refractivity contribution in [3.05, 3.63) is 66.6 Å². The number of anilines is 1. The molecule has 0 spiro atoms. The third-order valence-corrected chi connectivity index (χ3v) is 6.42. The molecular weight excluding hydrogens is 543 g/mol. The highest BCUT2D eigenvalue weighted by Gasteiger charge is 2.29. The second-order valence-electron chi connectivity index (χ2n) is 8.54. The van der Waals surface area contributed by atoms with E-state index in [0.29, 0.717) is 19.0 Å². The summed E-state index contributed by atoms with van der Waals surface area (Å²) in [4.78, 5) is 14.4. The minimum atomic E-state index is -0.491. The fraction of sp³-hybridized carbons (Fsp3) is 0.379. The number of hydrogen-bond donors (Lipinski definition) is 2. The number of benzene rings is 2. The van der Waals surface area contributed by atoms with Gasteiger partial charge in [-0.2, -0.15) is 5.10 Å². The Morgan fingerprint density at radius 2 is 1.90 bits per heavy atom. The van der Waals surface area contributed by atoms with Crippen molar-refractivity contribution in [1.82, 2.24) is 14.6 Å². The molecule has 3 heterocycles. The smallest absolute Gasteiger partial charge is 0.322 e. The zero-order chi connectivity index (χ0) is 30.2. The maximum absolute atomic E-state index is 10.4. The molecular formula is C29H39N6O5P. The molecule has 0 aliphatic carbocycles. The van der Waals surface area contributed by atoms with Gasteiger partial charge in [-0.05, 0) is 50.3 Å². The van der Waals surface area contributed by atoms with Gasteiger partial charge in [0.25, 0.3) is 0 Å². The van der Waals surface area contributed by atoms with E-state index in [-0.39, 0.29) is 27.2 Å². The number of esters is 1. The summed E-state index contributed by atoms with van der Waals surface area (Å²) >= 11 is 0. The Kier molecular flexibility index (Phi) is 14.5. The lowest BCUT2D eigenvalue weighted by molar-refractivity contribution is -0.144. The third-order valence-electron chi connectivity index (χ3n) is 5.84. The van der Waals surface area contributed by atoms with Crippen LogP contribution >= 0.6 is 9.03 Å². The number of aromatic nitrogens is 3. The van der Waals surface area contributed by atoms with Crippen LogP contribution in [-0.2, 0) is 18.8 Å². The molecule has 1 aliphatic heterocycles. The summed E-state index contributed by atoms with van der Waals surface area (Å²) in [7, 11) is -0.0752.